The van der Waals surface area contributed by atoms with Gasteiger partial charge < -0.3 is 20.3 Å². The van der Waals surface area contributed by atoms with Crippen molar-refractivity contribution in [2.75, 3.05) is 0 Å². The van der Waals surface area contributed by atoms with Crippen LogP contribution in [-0.4, -0.2) is 55.8 Å². The summed E-state index contributed by atoms with van der Waals surface area (Å²) in [6.45, 7) is 7.11. The molecule has 0 unspecified atom stereocenters. The number of carbonyl (C=O) groups excluding carboxylic acids is 2. The van der Waals surface area contributed by atoms with E-state index in [1.54, 1.807) is 0 Å². The normalized spacial score (nSPS) is 7.31. The molecule has 0 aliphatic rings. The van der Waals surface area contributed by atoms with E-state index in [-0.39, 0.29) is 49.7 Å². The van der Waals surface area contributed by atoms with E-state index in [9.17, 15) is 4.79 Å². The van der Waals surface area contributed by atoms with E-state index in [2.05, 4.69) is 11.9 Å². The average Bonchev–Trinajstić information content (AvgIpc) is 1.84. The number of hydrogen-bond acceptors (Lipinski definition) is 4. The molecule has 0 aromatic rings. The summed E-state index contributed by atoms with van der Waals surface area (Å²) in [7, 11) is 0. The molecule has 0 aromatic heterocycles. The van der Waals surface area contributed by atoms with Crippen LogP contribution in [0.25, 0.3) is 0 Å². The maximum Gasteiger partial charge on any atom is 2.00 e. The molecule has 0 aliphatic carbocycles. The van der Waals surface area contributed by atoms with E-state index < -0.39 is 6.16 Å². The molecule has 0 saturated carbocycles. The maximum absolute atomic E-state index is 10.4. The molecule has 0 aliphatic heterocycles. The molecule has 1 amide bonds. The van der Waals surface area contributed by atoms with Crippen molar-refractivity contribution in [2.45, 2.75) is 19.9 Å². The third-order valence-electron chi connectivity index (χ3n) is 0.616. The van der Waals surface area contributed by atoms with Crippen LogP contribution < -0.4 is 15.5 Å². The predicted molar refractivity (Wildman–Crippen MR) is 44.6 cm³/mol. The Morgan fingerprint density at radius 3 is 1.77 bits per heavy atom. The van der Waals surface area contributed by atoms with Gasteiger partial charge >= 0.3 is 37.7 Å². The van der Waals surface area contributed by atoms with Gasteiger partial charge in [0.2, 0.25) is 5.91 Å². The Morgan fingerprint density at radius 1 is 1.38 bits per heavy atom. The van der Waals surface area contributed by atoms with Crippen molar-refractivity contribution in [1.82, 2.24) is 5.32 Å². The first-order valence-electron chi connectivity index (χ1n) is 3.21. The zero-order valence-corrected chi connectivity index (χ0v) is 9.91. The fraction of sp³-hybridized carbons (Fsp3) is 0.429. The molecule has 0 spiro atoms. The van der Waals surface area contributed by atoms with Gasteiger partial charge in [-0.25, -0.2) is 0 Å². The van der Waals surface area contributed by atoms with Crippen LogP contribution in [0.3, 0.4) is 0 Å². The molecule has 0 saturated heterocycles. The van der Waals surface area contributed by atoms with Crippen LogP contribution in [0.2, 0.25) is 0 Å². The largest absolute Gasteiger partial charge is 2.00 e. The summed E-state index contributed by atoms with van der Waals surface area (Å²) in [5, 5.41) is 19.3. The Hall–Kier alpha value is -0.260. The SMILES string of the molecule is C=CC(=O)NC(C)C.O=C([O-])[O-].[Ca+2]. The van der Waals surface area contributed by atoms with E-state index >= 15 is 0 Å². The van der Waals surface area contributed by atoms with Crippen LogP contribution in [-0.2, 0) is 4.79 Å². The molecule has 0 aromatic carbocycles. The van der Waals surface area contributed by atoms with Crippen molar-refractivity contribution in [1.29, 1.82) is 0 Å². The van der Waals surface area contributed by atoms with Crippen LogP contribution >= 0.6 is 0 Å². The average molecular weight is 213 g/mol. The Labute approximate surface area is 107 Å². The van der Waals surface area contributed by atoms with Crippen LogP contribution in [0.4, 0.5) is 4.79 Å². The van der Waals surface area contributed by atoms with Crippen LogP contribution in [0.5, 0.6) is 0 Å². The first-order chi connectivity index (χ1) is 5.40. The van der Waals surface area contributed by atoms with Crippen molar-refractivity contribution in [3.05, 3.63) is 12.7 Å². The Morgan fingerprint density at radius 2 is 1.69 bits per heavy atom. The number of nitrogens with one attached hydrogen (secondary N) is 1. The van der Waals surface area contributed by atoms with Gasteiger partial charge in [0.15, 0.2) is 0 Å². The fourth-order valence-electron chi connectivity index (χ4n) is 0.343. The van der Waals surface area contributed by atoms with Gasteiger partial charge in [-0.05, 0) is 26.1 Å². The van der Waals surface area contributed by atoms with Gasteiger partial charge in [0.05, 0.1) is 0 Å². The standard InChI is InChI=1S/C6H11NO.CH2O3.Ca/c1-4-6(8)7-5(2)3;2-1(3)4;/h4-5H,1H2,2-3H3,(H,7,8);(H2,2,3,4);/q;;+2/p-2. The first-order valence-corrected chi connectivity index (χ1v) is 3.21. The molecule has 0 rings (SSSR count). The minimum absolute atomic E-state index is 0. The molecule has 6 heteroatoms. The second-order valence-electron chi connectivity index (χ2n) is 2.12. The van der Waals surface area contributed by atoms with E-state index in [1.807, 2.05) is 13.8 Å². The zero-order chi connectivity index (χ0) is 10.1. The molecule has 5 nitrogen and oxygen atoms in total. The van der Waals surface area contributed by atoms with Crippen molar-refractivity contribution in [3.8, 4) is 0 Å². The predicted octanol–water partition coefficient (Wildman–Crippen LogP) is -2.13. The molecule has 0 fully saturated rings. The van der Waals surface area contributed by atoms with Gasteiger partial charge in [-0.3, -0.25) is 4.79 Å². The monoisotopic (exact) mass is 213 g/mol. The third kappa shape index (κ3) is 33.8. The van der Waals surface area contributed by atoms with Crippen molar-refractivity contribution in [3.63, 3.8) is 0 Å². The van der Waals surface area contributed by atoms with E-state index in [4.69, 9.17) is 15.0 Å². The van der Waals surface area contributed by atoms with Gasteiger partial charge in [-0.15, -0.1) is 0 Å². The van der Waals surface area contributed by atoms with Gasteiger partial charge in [-0.2, -0.15) is 0 Å². The summed E-state index contributed by atoms with van der Waals surface area (Å²) in [5.41, 5.74) is 0. The van der Waals surface area contributed by atoms with Gasteiger partial charge in [0, 0.05) is 6.04 Å². The van der Waals surface area contributed by atoms with Gasteiger partial charge in [0.25, 0.3) is 0 Å². The summed E-state index contributed by atoms with van der Waals surface area (Å²) in [5.74, 6) is -0.111. The molecule has 13 heavy (non-hydrogen) atoms. The Bertz CT molecular complexity index is 166. The van der Waals surface area contributed by atoms with Crippen molar-refractivity contribution >= 4 is 49.8 Å². The number of hydrogen-bond donors (Lipinski definition) is 1. The fourth-order valence-corrected chi connectivity index (χ4v) is 0.343. The molecule has 0 atom stereocenters. The van der Waals surface area contributed by atoms with Crippen LogP contribution in [0.15, 0.2) is 12.7 Å². The molecular weight excluding hydrogens is 202 g/mol. The van der Waals surface area contributed by atoms with Gasteiger partial charge in [0.1, 0.15) is 0 Å². The Kier molecular flexibility index (Phi) is 16.7. The van der Waals surface area contributed by atoms with Gasteiger partial charge in [-0.1, -0.05) is 6.58 Å². The quantitative estimate of drug-likeness (QED) is 0.419. The smallest absolute Gasteiger partial charge is 0.652 e. The van der Waals surface area contributed by atoms with Crippen molar-refractivity contribution < 1.29 is 19.8 Å². The topological polar surface area (TPSA) is 92.3 Å². The van der Waals surface area contributed by atoms with E-state index in [1.165, 1.54) is 6.08 Å². The zero-order valence-electron chi connectivity index (χ0n) is 7.70. The Balaban J connectivity index is -0.000000173. The summed E-state index contributed by atoms with van der Waals surface area (Å²) in [6, 6.07) is 0.209. The summed E-state index contributed by atoms with van der Waals surface area (Å²) >= 11 is 0. The summed E-state index contributed by atoms with van der Waals surface area (Å²) in [4.78, 5) is 18.7. The molecule has 0 radical (unpaired) electrons. The molecule has 70 valence electrons. The summed E-state index contributed by atoms with van der Waals surface area (Å²) < 4.78 is 0. The van der Waals surface area contributed by atoms with E-state index in [0.717, 1.165) is 0 Å². The molecule has 0 bridgehead atoms. The number of rotatable bonds is 2. The molecular formula is C7H11CaNO4. The second kappa shape index (κ2) is 11.7. The second-order valence-corrected chi connectivity index (χ2v) is 2.12. The summed E-state index contributed by atoms with van der Waals surface area (Å²) in [6.07, 6.45) is -1.07. The first kappa shape index (κ1) is 18.5. The minimum atomic E-state index is -2.33. The molecule has 1 N–H and O–H groups in total. The number of carbonyl (C=O) groups is 2. The minimum Gasteiger partial charge on any atom is -0.652 e. The molecule has 0 heterocycles. The maximum atomic E-state index is 10.4. The van der Waals surface area contributed by atoms with Crippen LogP contribution in [0.1, 0.15) is 13.8 Å². The number of carboxylic acid groups (broad SMARTS) is 2. The van der Waals surface area contributed by atoms with Crippen LogP contribution in [0, 0.1) is 0 Å². The number of amides is 1. The van der Waals surface area contributed by atoms with Crippen molar-refractivity contribution in [2.24, 2.45) is 0 Å². The van der Waals surface area contributed by atoms with E-state index in [0.29, 0.717) is 0 Å². The third-order valence-corrected chi connectivity index (χ3v) is 0.616.